The second-order valence-corrected chi connectivity index (χ2v) is 3.63. The fraction of sp³-hybridized carbons (Fsp3) is 0.154. The number of carbonyl (C=O) groups is 1. The zero-order valence-corrected chi connectivity index (χ0v) is 9.05. The second kappa shape index (κ2) is 4.66. The number of hydrogen-bond acceptors (Lipinski definition) is 3. The Morgan fingerprint density at radius 3 is 2.62 bits per heavy atom. The highest BCUT2D eigenvalue weighted by atomic mass is 16.1. The van der Waals surface area contributed by atoms with Gasteiger partial charge in [0.1, 0.15) is 11.5 Å². The fourth-order valence-electron chi connectivity index (χ4n) is 1.57. The van der Waals surface area contributed by atoms with Crippen molar-refractivity contribution in [1.29, 1.82) is 0 Å². The molecule has 0 fully saturated rings. The largest absolute Gasteiger partial charge is 0.296 e. The molecule has 0 N–H and O–H groups in total. The van der Waals surface area contributed by atoms with Gasteiger partial charge in [-0.15, -0.1) is 0 Å². The van der Waals surface area contributed by atoms with Crippen molar-refractivity contribution in [1.82, 2.24) is 9.97 Å². The minimum atomic E-state index is 0.443. The summed E-state index contributed by atoms with van der Waals surface area (Å²) in [4.78, 5) is 19.1. The van der Waals surface area contributed by atoms with E-state index in [-0.39, 0.29) is 0 Å². The third-order valence-corrected chi connectivity index (χ3v) is 2.25. The summed E-state index contributed by atoms with van der Waals surface area (Å²) in [7, 11) is 0. The Morgan fingerprint density at radius 2 is 1.94 bits per heavy atom. The molecule has 0 aliphatic carbocycles. The Balaban J connectivity index is 2.28. The van der Waals surface area contributed by atoms with Gasteiger partial charge < -0.3 is 0 Å². The van der Waals surface area contributed by atoms with E-state index < -0.39 is 0 Å². The molecule has 1 aromatic carbocycles. The first kappa shape index (κ1) is 10.5. The Kier molecular flexibility index (Phi) is 3.05. The lowest BCUT2D eigenvalue weighted by Crippen LogP contribution is -2.01. The van der Waals surface area contributed by atoms with Crippen LogP contribution in [0.2, 0.25) is 0 Å². The molecule has 16 heavy (non-hydrogen) atoms. The van der Waals surface area contributed by atoms with Crippen LogP contribution in [-0.4, -0.2) is 16.3 Å². The summed E-state index contributed by atoms with van der Waals surface area (Å²) in [6.45, 7) is 1.86. The van der Waals surface area contributed by atoms with E-state index in [4.69, 9.17) is 0 Å². The third kappa shape index (κ3) is 2.51. The number of hydrogen-bond donors (Lipinski definition) is 0. The Labute approximate surface area is 94.2 Å². The summed E-state index contributed by atoms with van der Waals surface area (Å²) >= 11 is 0. The van der Waals surface area contributed by atoms with Crippen molar-refractivity contribution in [2.45, 2.75) is 13.3 Å². The standard InChI is InChI=1S/C13H12N2O/c1-10-7-12(9-16)15-13(14-10)8-11-5-3-2-4-6-11/h2-7,9H,8H2,1H3. The van der Waals surface area contributed by atoms with Crippen LogP contribution in [-0.2, 0) is 6.42 Å². The van der Waals surface area contributed by atoms with E-state index in [0.29, 0.717) is 17.9 Å². The molecule has 0 atom stereocenters. The van der Waals surface area contributed by atoms with E-state index in [9.17, 15) is 4.79 Å². The van der Waals surface area contributed by atoms with Crippen LogP contribution in [0.3, 0.4) is 0 Å². The molecule has 0 spiro atoms. The number of aldehydes is 1. The Morgan fingerprint density at radius 1 is 1.19 bits per heavy atom. The average Bonchev–Trinajstić information content (AvgIpc) is 2.29. The van der Waals surface area contributed by atoms with Gasteiger partial charge in [-0.1, -0.05) is 30.3 Å². The maximum absolute atomic E-state index is 10.7. The first-order chi connectivity index (χ1) is 7.78. The smallest absolute Gasteiger partial charge is 0.168 e. The van der Waals surface area contributed by atoms with E-state index in [0.717, 1.165) is 17.5 Å². The lowest BCUT2D eigenvalue weighted by atomic mass is 10.1. The molecule has 0 saturated heterocycles. The van der Waals surface area contributed by atoms with Crippen molar-refractivity contribution in [3.63, 3.8) is 0 Å². The molecule has 0 saturated carbocycles. The highest BCUT2D eigenvalue weighted by Crippen LogP contribution is 2.06. The van der Waals surface area contributed by atoms with Gasteiger partial charge in [0, 0.05) is 12.1 Å². The van der Waals surface area contributed by atoms with Gasteiger partial charge in [-0.25, -0.2) is 9.97 Å². The van der Waals surface area contributed by atoms with Gasteiger partial charge >= 0.3 is 0 Å². The summed E-state index contributed by atoms with van der Waals surface area (Å²) in [6.07, 6.45) is 1.41. The predicted octanol–water partition coefficient (Wildman–Crippen LogP) is 2.19. The highest BCUT2D eigenvalue weighted by molar-refractivity contribution is 5.71. The van der Waals surface area contributed by atoms with Crippen molar-refractivity contribution in [3.05, 3.63) is 59.2 Å². The molecule has 0 radical (unpaired) electrons. The SMILES string of the molecule is Cc1cc(C=O)nc(Cc2ccccc2)n1. The van der Waals surface area contributed by atoms with Crippen LogP contribution in [0.25, 0.3) is 0 Å². The summed E-state index contributed by atoms with van der Waals surface area (Å²) in [5.41, 5.74) is 2.41. The zero-order chi connectivity index (χ0) is 11.4. The number of rotatable bonds is 3. The van der Waals surface area contributed by atoms with Gasteiger partial charge in [0.05, 0.1) is 0 Å². The predicted molar refractivity (Wildman–Crippen MR) is 61.4 cm³/mol. The van der Waals surface area contributed by atoms with E-state index in [1.54, 1.807) is 6.07 Å². The lowest BCUT2D eigenvalue weighted by molar-refractivity contribution is 0.111. The summed E-state index contributed by atoms with van der Waals surface area (Å²) < 4.78 is 0. The van der Waals surface area contributed by atoms with Crippen molar-refractivity contribution >= 4 is 6.29 Å². The van der Waals surface area contributed by atoms with Crippen molar-refractivity contribution in [2.24, 2.45) is 0 Å². The molecular weight excluding hydrogens is 200 g/mol. The van der Waals surface area contributed by atoms with E-state index in [1.165, 1.54) is 0 Å². The minimum Gasteiger partial charge on any atom is -0.296 e. The number of benzene rings is 1. The maximum Gasteiger partial charge on any atom is 0.168 e. The quantitative estimate of drug-likeness (QED) is 0.732. The summed E-state index contributed by atoms with van der Waals surface area (Å²) in [6, 6.07) is 11.6. The van der Waals surface area contributed by atoms with E-state index >= 15 is 0 Å². The first-order valence-corrected chi connectivity index (χ1v) is 5.11. The molecule has 1 heterocycles. The molecule has 0 bridgehead atoms. The summed E-state index contributed by atoms with van der Waals surface area (Å²) in [5.74, 6) is 0.688. The zero-order valence-electron chi connectivity index (χ0n) is 9.05. The molecule has 2 aromatic rings. The van der Waals surface area contributed by atoms with Crippen LogP contribution in [0, 0.1) is 6.92 Å². The Bertz CT molecular complexity index is 495. The maximum atomic E-state index is 10.7. The van der Waals surface area contributed by atoms with Crippen LogP contribution in [0.5, 0.6) is 0 Å². The molecule has 0 amide bonds. The molecule has 80 valence electrons. The van der Waals surface area contributed by atoms with E-state index in [1.807, 2.05) is 37.3 Å². The fourth-order valence-corrected chi connectivity index (χ4v) is 1.57. The van der Waals surface area contributed by atoms with Gasteiger partial charge in [-0.05, 0) is 18.6 Å². The highest BCUT2D eigenvalue weighted by Gasteiger charge is 2.02. The van der Waals surface area contributed by atoms with Crippen molar-refractivity contribution < 1.29 is 4.79 Å². The molecular formula is C13H12N2O. The van der Waals surface area contributed by atoms with Gasteiger partial charge in [0.15, 0.2) is 6.29 Å². The van der Waals surface area contributed by atoms with Gasteiger partial charge in [-0.3, -0.25) is 4.79 Å². The molecule has 1 aromatic heterocycles. The number of nitrogens with zero attached hydrogens (tertiary/aromatic N) is 2. The molecule has 3 heteroatoms. The van der Waals surface area contributed by atoms with Crippen LogP contribution in [0.1, 0.15) is 27.6 Å². The van der Waals surface area contributed by atoms with Gasteiger partial charge in [-0.2, -0.15) is 0 Å². The Hall–Kier alpha value is -2.03. The first-order valence-electron chi connectivity index (χ1n) is 5.11. The van der Waals surface area contributed by atoms with Crippen molar-refractivity contribution in [3.8, 4) is 0 Å². The van der Waals surface area contributed by atoms with Crippen LogP contribution < -0.4 is 0 Å². The molecule has 0 aliphatic heterocycles. The number of aromatic nitrogens is 2. The third-order valence-electron chi connectivity index (χ3n) is 2.25. The molecule has 2 rings (SSSR count). The molecule has 0 unspecified atom stereocenters. The molecule has 0 aliphatic rings. The van der Waals surface area contributed by atoms with Crippen LogP contribution >= 0.6 is 0 Å². The van der Waals surface area contributed by atoms with Crippen LogP contribution in [0.15, 0.2) is 36.4 Å². The lowest BCUT2D eigenvalue weighted by Gasteiger charge is -2.02. The van der Waals surface area contributed by atoms with Crippen molar-refractivity contribution in [2.75, 3.05) is 0 Å². The topological polar surface area (TPSA) is 42.9 Å². The van der Waals surface area contributed by atoms with Gasteiger partial charge in [0.2, 0.25) is 0 Å². The average molecular weight is 212 g/mol. The van der Waals surface area contributed by atoms with Crippen LogP contribution in [0.4, 0.5) is 0 Å². The van der Waals surface area contributed by atoms with Gasteiger partial charge in [0.25, 0.3) is 0 Å². The molecule has 3 nitrogen and oxygen atoms in total. The van der Waals surface area contributed by atoms with E-state index in [2.05, 4.69) is 9.97 Å². The minimum absolute atomic E-state index is 0.443. The monoisotopic (exact) mass is 212 g/mol. The normalized spacial score (nSPS) is 10.1. The number of carbonyl (C=O) groups excluding carboxylic acids is 1. The summed E-state index contributed by atoms with van der Waals surface area (Å²) in [5, 5.41) is 0. The number of aryl methyl sites for hydroxylation is 1. The second-order valence-electron chi connectivity index (χ2n) is 3.63.